The van der Waals surface area contributed by atoms with Crippen molar-refractivity contribution < 1.29 is 4.79 Å². The van der Waals surface area contributed by atoms with Crippen LogP contribution in [0.2, 0.25) is 0 Å². The van der Waals surface area contributed by atoms with Gasteiger partial charge in [0.25, 0.3) is 5.91 Å². The van der Waals surface area contributed by atoms with Crippen molar-refractivity contribution in [1.82, 2.24) is 4.90 Å². The lowest BCUT2D eigenvalue weighted by atomic mass is 10.1. The summed E-state index contributed by atoms with van der Waals surface area (Å²) in [5.74, 6) is -0.321. The molecule has 5 heteroatoms. The number of para-hydroxylation sites is 1. The molecule has 0 fully saturated rings. The van der Waals surface area contributed by atoms with Gasteiger partial charge >= 0.3 is 0 Å². The molecule has 1 aliphatic rings. The van der Waals surface area contributed by atoms with Crippen LogP contribution in [0.15, 0.2) is 71.3 Å². The van der Waals surface area contributed by atoms with E-state index in [1.165, 1.54) is 0 Å². The van der Waals surface area contributed by atoms with Crippen LogP contribution in [0.25, 0.3) is 0 Å². The summed E-state index contributed by atoms with van der Waals surface area (Å²) in [7, 11) is 1.70. The predicted molar refractivity (Wildman–Crippen MR) is 92.5 cm³/mol. The van der Waals surface area contributed by atoms with Crippen LogP contribution in [0.5, 0.6) is 0 Å². The maximum absolute atomic E-state index is 12.5. The Morgan fingerprint density at radius 3 is 2.17 bits per heavy atom. The third-order valence-electron chi connectivity index (χ3n) is 3.84. The van der Waals surface area contributed by atoms with E-state index in [4.69, 9.17) is 0 Å². The molecular weight excluding hydrogens is 306 g/mol. The summed E-state index contributed by atoms with van der Waals surface area (Å²) in [6.07, 6.45) is -0.351. The van der Waals surface area contributed by atoms with Crippen molar-refractivity contribution in [2.75, 3.05) is 11.9 Å². The summed E-state index contributed by atoms with van der Waals surface area (Å²) in [5, 5.41) is 9.71. The molecule has 4 nitrogen and oxygen atoms in total. The fourth-order valence-electron chi connectivity index (χ4n) is 2.74. The van der Waals surface area contributed by atoms with Crippen molar-refractivity contribution in [2.45, 2.75) is 6.17 Å². The number of benzene rings is 2. The van der Waals surface area contributed by atoms with Crippen LogP contribution in [-0.4, -0.2) is 17.9 Å². The summed E-state index contributed by atoms with van der Waals surface area (Å²) in [5.41, 5.74) is 1.88. The summed E-state index contributed by atoms with van der Waals surface area (Å²) in [6, 6.07) is 21.3. The van der Waals surface area contributed by atoms with Crippen molar-refractivity contribution in [3.8, 4) is 6.07 Å². The van der Waals surface area contributed by atoms with Gasteiger partial charge in [-0.1, -0.05) is 48.5 Å². The van der Waals surface area contributed by atoms with E-state index in [9.17, 15) is 10.1 Å². The van der Waals surface area contributed by atoms with Gasteiger partial charge in [0, 0.05) is 12.7 Å². The topological polar surface area (TPSA) is 47.3 Å². The molecule has 0 unspecified atom stereocenters. The van der Waals surface area contributed by atoms with Crippen molar-refractivity contribution in [2.24, 2.45) is 0 Å². The zero-order chi connectivity index (χ0) is 16.4. The van der Waals surface area contributed by atoms with Gasteiger partial charge in [0.05, 0.1) is 5.03 Å². The van der Waals surface area contributed by atoms with E-state index in [1.807, 2.05) is 71.6 Å². The van der Waals surface area contributed by atoms with Crippen molar-refractivity contribution in [1.29, 1.82) is 5.26 Å². The van der Waals surface area contributed by atoms with Gasteiger partial charge < -0.3 is 9.80 Å². The van der Waals surface area contributed by atoms with Gasteiger partial charge in [0.1, 0.15) is 17.8 Å². The number of rotatable bonds is 2. The lowest BCUT2D eigenvalue weighted by Crippen LogP contribution is -2.47. The van der Waals surface area contributed by atoms with Gasteiger partial charge in [-0.05, 0) is 17.7 Å². The molecule has 1 heterocycles. The minimum atomic E-state index is -0.351. The molecule has 0 saturated heterocycles. The Labute approximate surface area is 140 Å². The smallest absolute Gasteiger partial charge is 0.268 e. The van der Waals surface area contributed by atoms with Crippen molar-refractivity contribution >= 4 is 24.2 Å². The summed E-state index contributed by atoms with van der Waals surface area (Å²) in [6.45, 7) is 0. The normalized spacial score (nSPS) is 18.1. The first kappa shape index (κ1) is 15.2. The van der Waals surface area contributed by atoms with E-state index in [0.717, 1.165) is 11.3 Å². The molecule has 0 spiro atoms. The SMILES string of the molecule is CN1C(=O)C(C#N)=C(S)N(c2ccccc2)[C@H]1c1ccccc1. The average Bonchev–Trinajstić information content (AvgIpc) is 2.60. The standard InChI is InChI=1S/C18H15N3OS/c1-20-16(13-8-4-2-5-9-13)21(14-10-6-3-7-11-14)18(23)15(12-19)17(20)22/h2-11,16,23H,1H3/t16-/m0/s1. The zero-order valence-corrected chi connectivity index (χ0v) is 13.4. The van der Waals surface area contributed by atoms with Gasteiger partial charge in [-0.2, -0.15) is 5.26 Å². The highest BCUT2D eigenvalue weighted by atomic mass is 32.1. The Kier molecular flexibility index (Phi) is 4.09. The summed E-state index contributed by atoms with van der Waals surface area (Å²) >= 11 is 4.49. The van der Waals surface area contributed by atoms with Crippen molar-refractivity contribution in [3.63, 3.8) is 0 Å². The van der Waals surface area contributed by atoms with E-state index in [0.29, 0.717) is 5.03 Å². The van der Waals surface area contributed by atoms with Crippen LogP contribution in [0.3, 0.4) is 0 Å². The molecule has 0 bridgehead atoms. The van der Waals surface area contributed by atoms with E-state index in [2.05, 4.69) is 12.6 Å². The summed E-state index contributed by atoms with van der Waals surface area (Å²) in [4.78, 5) is 16.0. The Morgan fingerprint density at radius 2 is 1.61 bits per heavy atom. The Morgan fingerprint density at radius 1 is 1.04 bits per heavy atom. The number of hydrogen-bond acceptors (Lipinski definition) is 4. The van der Waals surface area contributed by atoms with Gasteiger partial charge in [-0.25, -0.2) is 0 Å². The highest BCUT2D eigenvalue weighted by Gasteiger charge is 2.38. The second-order valence-corrected chi connectivity index (χ2v) is 5.64. The van der Waals surface area contributed by atoms with E-state index in [1.54, 1.807) is 11.9 Å². The lowest BCUT2D eigenvalue weighted by Gasteiger charge is -2.43. The number of nitriles is 1. The second kappa shape index (κ2) is 6.19. The third-order valence-corrected chi connectivity index (χ3v) is 4.28. The molecule has 23 heavy (non-hydrogen) atoms. The minimum absolute atomic E-state index is 0.0480. The molecule has 0 radical (unpaired) electrons. The van der Waals surface area contributed by atoms with E-state index >= 15 is 0 Å². The number of anilines is 1. The number of nitrogens with zero attached hydrogens (tertiary/aromatic N) is 3. The minimum Gasteiger partial charge on any atom is -0.316 e. The molecule has 1 atom stereocenters. The number of amides is 1. The lowest BCUT2D eigenvalue weighted by molar-refractivity contribution is -0.128. The summed E-state index contributed by atoms with van der Waals surface area (Å²) < 4.78 is 0. The molecule has 1 amide bonds. The monoisotopic (exact) mass is 321 g/mol. The maximum atomic E-state index is 12.5. The van der Waals surface area contributed by atoms with Gasteiger partial charge in [-0.3, -0.25) is 4.79 Å². The number of thiol groups is 1. The van der Waals surface area contributed by atoms with Crippen LogP contribution < -0.4 is 4.90 Å². The molecule has 114 valence electrons. The molecule has 0 aromatic heterocycles. The highest BCUT2D eigenvalue weighted by molar-refractivity contribution is 7.84. The zero-order valence-electron chi connectivity index (χ0n) is 12.5. The van der Waals surface area contributed by atoms with Crippen LogP contribution in [0.4, 0.5) is 5.69 Å². The van der Waals surface area contributed by atoms with E-state index in [-0.39, 0.29) is 17.6 Å². The molecule has 0 saturated carbocycles. The van der Waals surface area contributed by atoms with Crippen LogP contribution >= 0.6 is 12.6 Å². The third kappa shape index (κ3) is 2.58. The Balaban J connectivity index is 2.22. The quantitative estimate of drug-likeness (QED) is 0.863. The van der Waals surface area contributed by atoms with Gasteiger partial charge in [0.2, 0.25) is 0 Å². The Hall–Kier alpha value is -2.71. The highest BCUT2D eigenvalue weighted by Crippen LogP contribution is 2.39. The predicted octanol–water partition coefficient (Wildman–Crippen LogP) is 3.33. The molecule has 3 rings (SSSR count). The first-order valence-electron chi connectivity index (χ1n) is 7.15. The van der Waals surface area contributed by atoms with Crippen LogP contribution in [-0.2, 0) is 4.79 Å². The molecular formula is C18H15N3OS. The maximum Gasteiger partial charge on any atom is 0.268 e. The first-order chi connectivity index (χ1) is 11.1. The molecule has 0 aliphatic carbocycles. The van der Waals surface area contributed by atoms with Crippen molar-refractivity contribution in [3.05, 3.63) is 76.8 Å². The van der Waals surface area contributed by atoms with Gasteiger partial charge in [-0.15, -0.1) is 12.6 Å². The molecule has 2 aromatic rings. The number of carbonyl (C=O) groups excluding carboxylic acids is 1. The molecule has 2 aromatic carbocycles. The largest absolute Gasteiger partial charge is 0.316 e. The second-order valence-electron chi connectivity index (χ2n) is 5.22. The van der Waals surface area contributed by atoms with Crippen LogP contribution in [0.1, 0.15) is 11.7 Å². The average molecular weight is 321 g/mol. The number of hydrogen-bond donors (Lipinski definition) is 1. The number of carbonyl (C=O) groups is 1. The number of likely N-dealkylation sites (N-methyl/N-ethyl adjacent to an activating group) is 1. The van der Waals surface area contributed by atoms with E-state index < -0.39 is 0 Å². The Bertz CT molecular complexity index is 796. The fraction of sp³-hybridized carbons (Fsp3) is 0.111. The molecule has 1 aliphatic heterocycles. The van der Waals surface area contributed by atoms with Gasteiger partial charge in [0.15, 0.2) is 0 Å². The molecule has 0 N–H and O–H groups in total. The first-order valence-corrected chi connectivity index (χ1v) is 7.59. The fourth-order valence-corrected chi connectivity index (χ4v) is 3.11. The van der Waals surface area contributed by atoms with Crippen LogP contribution in [0, 0.1) is 11.3 Å².